The van der Waals surface area contributed by atoms with Crippen LogP contribution >= 0.6 is 0 Å². The van der Waals surface area contributed by atoms with Gasteiger partial charge in [-0.05, 0) is 30.0 Å². The molecule has 0 aliphatic carbocycles. The number of nitrogens with one attached hydrogen (secondary N) is 2. The lowest BCUT2D eigenvalue weighted by Crippen LogP contribution is -2.26. The van der Waals surface area contributed by atoms with E-state index < -0.39 is 12.0 Å². The van der Waals surface area contributed by atoms with Crippen LogP contribution < -0.4 is 16.4 Å². The number of carbonyl (C=O) groups excluding carboxylic acids is 1. The van der Waals surface area contributed by atoms with Gasteiger partial charge < -0.3 is 15.0 Å². The number of benzene rings is 1. The van der Waals surface area contributed by atoms with E-state index >= 15 is 0 Å². The van der Waals surface area contributed by atoms with E-state index in [2.05, 4.69) is 5.32 Å². The molecule has 2 rings (SSSR count). The first-order valence-electron chi connectivity index (χ1n) is 6.57. The zero-order chi connectivity index (χ0) is 16.1. The van der Waals surface area contributed by atoms with Crippen molar-refractivity contribution in [2.24, 2.45) is 0 Å². The largest absolute Gasteiger partial charge is 0.465 e. The molecule has 0 atom stereocenters. The molecule has 1 aromatic carbocycles. The molecule has 1 aromatic heterocycles. The van der Waals surface area contributed by atoms with Crippen molar-refractivity contribution in [1.82, 2.24) is 15.4 Å². The summed E-state index contributed by atoms with van der Waals surface area (Å²) in [6.45, 7) is 0.595. The number of pyridine rings is 1. The van der Waals surface area contributed by atoms with E-state index in [4.69, 9.17) is 10.3 Å². The van der Waals surface area contributed by atoms with Crippen molar-refractivity contribution in [1.29, 1.82) is 0 Å². The van der Waals surface area contributed by atoms with Gasteiger partial charge in [0.1, 0.15) is 0 Å². The summed E-state index contributed by atoms with van der Waals surface area (Å²) >= 11 is 0. The molecular weight excluding hydrogens is 290 g/mol. The summed E-state index contributed by atoms with van der Waals surface area (Å²) in [6, 6.07) is 6.28. The predicted octanol–water partition coefficient (Wildman–Crippen LogP) is 0.778. The molecule has 0 aliphatic heterocycles. The number of fused-ring (bicyclic) bond motifs is 1. The third kappa shape index (κ3) is 3.41. The zero-order valence-electron chi connectivity index (χ0n) is 11.6. The lowest BCUT2D eigenvalue weighted by atomic mass is 10.1. The Morgan fingerprint density at radius 2 is 2.00 bits per heavy atom. The maximum Gasteiger partial charge on any atom is 0.404 e. The summed E-state index contributed by atoms with van der Waals surface area (Å²) < 4.78 is 1.45. The van der Waals surface area contributed by atoms with Crippen LogP contribution in [0.15, 0.2) is 35.3 Å². The van der Waals surface area contributed by atoms with Crippen molar-refractivity contribution in [2.45, 2.75) is 13.0 Å². The molecule has 0 aliphatic rings. The molecule has 116 valence electrons. The van der Waals surface area contributed by atoms with Crippen molar-refractivity contribution in [2.75, 3.05) is 6.54 Å². The Hall–Kier alpha value is -2.87. The first kappa shape index (κ1) is 15.5. The Bertz CT molecular complexity index is 769. The van der Waals surface area contributed by atoms with Gasteiger partial charge in [0.2, 0.25) is 0 Å². The van der Waals surface area contributed by atoms with Crippen LogP contribution in [0, 0.1) is 0 Å². The van der Waals surface area contributed by atoms with Crippen molar-refractivity contribution in [3.05, 3.63) is 46.4 Å². The molecular formula is C14H15N3O5. The minimum Gasteiger partial charge on any atom is -0.465 e. The van der Waals surface area contributed by atoms with Crippen molar-refractivity contribution < 1.29 is 19.9 Å². The molecule has 0 spiro atoms. The normalized spacial score (nSPS) is 10.4. The number of hydrogen-bond acceptors (Lipinski definition) is 4. The fourth-order valence-corrected chi connectivity index (χ4v) is 2.11. The Kier molecular flexibility index (Phi) is 4.74. The first-order valence-corrected chi connectivity index (χ1v) is 6.57. The van der Waals surface area contributed by atoms with E-state index in [1.54, 1.807) is 18.3 Å². The Morgan fingerprint density at radius 3 is 2.68 bits per heavy atom. The summed E-state index contributed by atoms with van der Waals surface area (Å²) in [6.07, 6.45) is 0.983. The fraction of sp³-hybridized carbons (Fsp3) is 0.214. The number of hydroxylamine groups is 1. The highest BCUT2D eigenvalue weighted by Crippen LogP contribution is 2.12. The van der Waals surface area contributed by atoms with Crippen molar-refractivity contribution in [3.63, 3.8) is 0 Å². The van der Waals surface area contributed by atoms with Crippen molar-refractivity contribution in [3.8, 4) is 0 Å². The Balaban J connectivity index is 2.26. The van der Waals surface area contributed by atoms with Gasteiger partial charge in [0.15, 0.2) is 0 Å². The number of carboxylic acid groups (broad SMARTS) is 1. The highest BCUT2D eigenvalue weighted by molar-refractivity contribution is 5.97. The van der Waals surface area contributed by atoms with Crippen LogP contribution in [0.2, 0.25) is 0 Å². The Labute approximate surface area is 124 Å². The second-order valence-corrected chi connectivity index (χ2v) is 4.64. The average Bonchev–Trinajstić information content (AvgIpc) is 2.52. The summed E-state index contributed by atoms with van der Waals surface area (Å²) in [5.74, 6) is -0.692. The van der Waals surface area contributed by atoms with Crippen LogP contribution in [0.25, 0.3) is 10.8 Å². The van der Waals surface area contributed by atoms with Gasteiger partial charge in [0.25, 0.3) is 11.5 Å². The number of hydrogen-bond donors (Lipinski definition) is 4. The van der Waals surface area contributed by atoms with Crippen LogP contribution in [0.3, 0.4) is 0 Å². The minimum absolute atomic E-state index is 0.178. The lowest BCUT2D eigenvalue weighted by Gasteiger charge is -2.08. The molecule has 0 bridgehead atoms. The van der Waals surface area contributed by atoms with E-state index in [1.165, 1.54) is 22.2 Å². The number of carbonyl (C=O) groups is 2. The van der Waals surface area contributed by atoms with Gasteiger partial charge >= 0.3 is 6.09 Å². The molecule has 0 saturated carbocycles. The highest BCUT2D eigenvalue weighted by atomic mass is 16.5. The molecule has 0 saturated heterocycles. The van der Waals surface area contributed by atoms with Gasteiger partial charge in [-0.2, -0.15) is 0 Å². The van der Waals surface area contributed by atoms with Gasteiger partial charge in [0.05, 0.1) is 0 Å². The molecule has 8 heteroatoms. The molecule has 1 heterocycles. The predicted molar refractivity (Wildman–Crippen MR) is 78.1 cm³/mol. The van der Waals surface area contributed by atoms with E-state index in [-0.39, 0.29) is 17.7 Å². The van der Waals surface area contributed by atoms with E-state index in [9.17, 15) is 14.4 Å². The molecule has 22 heavy (non-hydrogen) atoms. The van der Waals surface area contributed by atoms with Crippen LogP contribution in [0.5, 0.6) is 0 Å². The van der Waals surface area contributed by atoms with Gasteiger partial charge in [-0.25, -0.2) is 10.3 Å². The second kappa shape index (κ2) is 6.72. The van der Waals surface area contributed by atoms with Crippen LogP contribution in [-0.4, -0.2) is 33.4 Å². The third-order valence-corrected chi connectivity index (χ3v) is 3.19. The number of rotatable bonds is 5. The quantitative estimate of drug-likeness (QED) is 0.369. The van der Waals surface area contributed by atoms with Crippen LogP contribution in [0.4, 0.5) is 4.79 Å². The summed E-state index contributed by atoms with van der Waals surface area (Å²) in [7, 11) is 0. The molecule has 2 aromatic rings. The lowest BCUT2D eigenvalue weighted by molar-refractivity contribution is 0.0706. The standard InChI is InChI=1S/C14H15N3O5/c18-12(16-22)10-3-2-9-4-7-17(13(19)11(9)8-10)6-1-5-15-14(20)21/h2-4,7-8,15,22H,1,5-6H2,(H,16,18)(H,20,21). The summed E-state index contributed by atoms with van der Waals surface area (Å²) in [5, 5.41) is 20.4. The molecule has 2 amide bonds. The maximum atomic E-state index is 12.4. The number of amides is 2. The van der Waals surface area contributed by atoms with E-state index in [0.717, 1.165) is 0 Å². The third-order valence-electron chi connectivity index (χ3n) is 3.19. The summed E-state index contributed by atoms with van der Waals surface area (Å²) in [5.41, 5.74) is 1.42. The summed E-state index contributed by atoms with van der Waals surface area (Å²) in [4.78, 5) is 34.1. The molecule has 0 unspecified atom stereocenters. The smallest absolute Gasteiger partial charge is 0.404 e. The molecule has 8 nitrogen and oxygen atoms in total. The van der Waals surface area contributed by atoms with Crippen molar-refractivity contribution >= 4 is 22.8 Å². The molecule has 0 radical (unpaired) electrons. The number of nitrogens with zero attached hydrogens (tertiary/aromatic N) is 1. The SMILES string of the molecule is O=C(O)NCCCn1ccc2ccc(C(=O)NO)cc2c1=O. The fourth-order valence-electron chi connectivity index (χ4n) is 2.11. The monoisotopic (exact) mass is 305 g/mol. The van der Waals surface area contributed by atoms with E-state index in [0.29, 0.717) is 23.7 Å². The van der Waals surface area contributed by atoms with Gasteiger partial charge in [0, 0.05) is 30.2 Å². The van der Waals surface area contributed by atoms with E-state index in [1.807, 2.05) is 0 Å². The first-order chi connectivity index (χ1) is 10.5. The molecule has 0 fully saturated rings. The minimum atomic E-state index is -1.11. The number of aromatic nitrogens is 1. The van der Waals surface area contributed by atoms with Crippen LogP contribution in [-0.2, 0) is 6.54 Å². The maximum absolute atomic E-state index is 12.4. The average molecular weight is 305 g/mol. The zero-order valence-corrected chi connectivity index (χ0v) is 11.6. The van der Waals surface area contributed by atoms with Gasteiger partial charge in [-0.1, -0.05) is 6.07 Å². The Morgan fingerprint density at radius 1 is 1.23 bits per heavy atom. The highest BCUT2D eigenvalue weighted by Gasteiger charge is 2.08. The number of aryl methyl sites for hydroxylation is 1. The van der Waals surface area contributed by atoms with Crippen LogP contribution in [0.1, 0.15) is 16.8 Å². The topological polar surface area (TPSA) is 121 Å². The second-order valence-electron chi connectivity index (χ2n) is 4.64. The molecule has 4 N–H and O–H groups in total. The van der Waals surface area contributed by atoms with Gasteiger partial charge in [-0.15, -0.1) is 0 Å². The van der Waals surface area contributed by atoms with Gasteiger partial charge in [-0.3, -0.25) is 14.8 Å².